The van der Waals surface area contributed by atoms with Gasteiger partial charge in [-0.3, -0.25) is 4.79 Å². The van der Waals surface area contributed by atoms with Crippen molar-refractivity contribution in [3.05, 3.63) is 52.1 Å². The lowest BCUT2D eigenvalue weighted by atomic mass is 10.2. The number of amides is 1. The largest absolute Gasteiger partial charge is 0.497 e. The van der Waals surface area contributed by atoms with Crippen LogP contribution in [0.25, 0.3) is 0 Å². The normalized spacial score (nSPS) is 14.3. The lowest BCUT2D eigenvalue weighted by Gasteiger charge is -2.36. The van der Waals surface area contributed by atoms with E-state index in [-0.39, 0.29) is 12.5 Å². The van der Waals surface area contributed by atoms with Gasteiger partial charge in [0.05, 0.1) is 7.11 Å². The van der Waals surface area contributed by atoms with E-state index < -0.39 is 0 Å². The lowest BCUT2D eigenvalue weighted by molar-refractivity contribution is -0.133. The van der Waals surface area contributed by atoms with E-state index in [2.05, 4.69) is 33.6 Å². The van der Waals surface area contributed by atoms with Crippen molar-refractivity contribution in [2.75, 3.05) is 44.8 Å². The number of hydrogen-bond donors (Lipinski definition) is 0. The molecule has 25 heavy (non-hydrogen) atoms. The van der Waals surface area contributed by atoms with E-state index in [0.717, 1.165) is 33.8 Å². The average molecular weight is 452 g/mol. The molecule has 1 heterocycles. The van der Waals surface area contributed by atoms with Gasteiger partial charge in [0.15, 0.2) is 6.61 Å². The third-order valence-corrected chi connectivity index (χ3v) is 4.95. The van der Waals surface area contributed by atoms with Crippen molar-refractivity contribution in [2.24, 2.45) is 0 Å². The molecule has 0 saturated carbocycles. The van der Waals surface area contributed by atoms with Gasteiger partial charge in [-0.2, -0.15) is 0 Å². The van der Waals surface area contributed by atoms with Gasteiger partial charge in [-0.1, -0.05) is 6.07 Å². The van der Waals surface area contributed by atoms with Crippen LogP contribution >= 0.6 is 22.6 Å². The van der Waals surface area contributed by atoms with Crippen LogP contribution in [-0.4, -0.2) is 50.7 Å². The average Bonchev–Trinajstić information content (AvgIpc) is 2.67. The predicted molar refractivity (Wildman–Crippen MR) is 106 cm³/mol. The number of carbonyl (C=O) groups excluding carboxylic acids is 1. The smallest absolute Gasteiger partial charge is 0.260 e. The summed E-state index contributed by atoms with van der Waals surface area (Å²) >= 11 is 2.24. The summed E-state index contributed by atoms with van der Waals surface area (Å²) in [5.74, 6) is 1.61. The van der Waals surface area contributed by atoms with Crippen LogP contribution in [0.4, 0.5) is 5.69 Å². The Kier molecular flexibility index (Phi) is 6.01. The quantitative estimate of drug-likeness (QED) is 0.655. The van der Waals surface area contributed by atoms with Gasteiger partial charge in [0.1, 0.15) is 11.5 Å². The molecule has 0 N–H and O–H groups in total. The molecule has 1 amide bonds. The Balaban J connectivity index is 1.49. The van der Waals surface area contributed by atoms with Gasteiger partial charge in [-0.15, -0.1) is 0 Å². The molecule has 0 unspecified atom stereocenters. The van der Waals surface area contributed by atoms with Crippen molar-refractivity contribution in [1.29, 1.82) is 0 Å². The number of carbonyl (C=O) groups is 1. The number of nitrogens with zero attached hydrogens (tertiary/aromatic N) is 2. The van der Waals surface area contributed by atoms with Crippen LogP contribution < -0.4 is 14.4 Å². The molecule has 6 heteroatoms. The molecule has 5 nitrogen and oxygen atoms in total. The highest BCUT2D eigenvalue weighted by molar-refractivity contribution is 14.1. The number of piperazine rings is 1. The fraction of sp³-hybridized carbons (Fsp3) is 0.316. The van der Waals surface area contributed by atoms with E-state index >= 15 is 0 Å². The summed E-state index contributed by atoms with van der Waals surface area (Å²) in [5.41, 5.74) is 1.13. The summed E-state index contributed by atoms with van der Waals surface area (Å²) in [6.07, 6.45) is 0. The van der Waals surface area contributed by atoms with Gasteiger partial charge in [-0.05, 0) is 59.0 Å². The zero-order valence-corrected chi connectivity index (χ0v) is 16.3. The molecule has 0 radical (unpaired) electrons. The Labute approximate surface area is 161 Å². The molecular formula is C19H21IN2O3. The molecule has 0 atom stereocenters. The van der Waals surface area contributed by atoms with Gasteiger partial charge in [0, 0.05) is 41.5 Å². The zero-order valence-electron chi connectivity index (χ0n) is 14.2. The van der Waals surface area contributed by atoms with Crippen LogP contribution in [0.1, 0.15) is 0 Å². The Morgan fingerprint density at radius 2 is 1.76 bits per heavy atom. The maximum absolute atomic E-state index is 12.3. The number of ether oxygens (including phenoxy) is 2. The van der Waals surface area contributed by atoms with E-state index in [4.69, 9.17) is 9.47 Å². The Bertz CT molecular complexity index is 713. The highest BCUT2D eigenvalue weighted by Crippen LogP contribution is 2.22. The third kappa shape index (κ3) is 4.78. The van der Waals surface area contributed by atoms with Gasteiger partial charge >= 0.3 is 0 Å². The molecular weight excluding hydrogens is 431 g/mol. The van der Waals surface area contributed by atoms with E-state index in [9.17, 15) is 4.79 Å². The Hall–Kier alpha value is -1.96. The molecule has 1 saturated heterocycles. The molecule has 1 aliphatic rings. The Morgan fingerprint density at radius 3 is 2.44 bits per heavy atom. The van der Waals surface area contributed by atoms with Gasteiger partial charge in [0.25, 0.3) is 5.91 Å². The molecule has 3 rings (SSSR count). The molecule has 0 aliphatic carbocycles. The summed E-state index contributed by atoms with van der Waals surface area (Å²) in [4.78, 5) is 16.5. The maximum Gasteiger partial charge on any atom is 0.260 e. The second-order valence-corrected chi connectivity index (χ2v) is 7.06. The Morgan fingerprint density at radius 1 is 1.04 bits per heavy atom. The summed E-state index contributed by atoms with van der Waals surface area (Å²) < 4.78 is 12.0. The molecule has 2 aromatic rings. The van der Waals surface area contributed by atoms with Crippen molar-refractivity contribution in [1.82, 2.24) is 4.90 Å². The molecule has 132 valence electrons. The molecule has 0 spiro atoms. The van der Waals surface area contributed by atoms with E-state index in [1.54, 1.807) is 7.11 Å². The first-order valence-electron chi connectivity index (χ1n) is 8.21. The monoisotopic (exact) mass is 452 g/mol. The third-order valence-electron chi connectivity index (χ3n) is 4.23. The standard InChI is InChI=1S/C19H21IN2O3/c1-24-18-4-2-3-16(13-18)21-9-11-22(12-10-21)19(23)14-25-17-7-5-15(20)6-8-17/h2-8,13H,9-12,14H2,1H3. The molecule has 1 aliphatic heterocycles. The lowest BCUT2D eigenvalue weighted by Crippen LogP contribution is -2.50. The SMILES string of the molecule is COc1cccc(N2CCN(C(=O)COc3ccc(I)cc3)CC2)c1. The minimum atomic E-state index is 0.0313. The van der Waals surface area contributed by atoms with Gasteiger partial charge < -0.3 is 19.3 Å². The van der Waals surface area contributed by atoms with E-state index in [1.807, 2.05) is 47.4 Å². The summed E-state index contributed by atoms with van der Waals surface area (Å²) in [5, 5.41) is 0. The number of hydrogen-bond acceptors (Lipinski definition) is 4. The number of benzene rings is 2. The topological polar surface area (TPSA) is 42.0 Å². The van der Waals surface area contributed by atoms with Crippen molar-refractivity contribution < 1.29 is 14.3 Å². The highest BCUT2D eigenvalue weighted by Gasteiger charge is 2.21. The van der Waals surface area contributed by atoms with Crippen LogP contribution in [0, 0.1) is 3.57 Å². The van der Waals surface area contributed by atoms with Crippen LogP contribution in [0.5, 0.6) is 11.5 Å². The first kappa shape index (κ1) is 17.8. The predicted octanol–water partition coefficient (Wildman–Crippen LogP) is 3.03. The molecule has 1 fully saturated rings. The first-order chi connectivity index (χ1) is 12.2. The van der Waals surface area contributed by atoms with Crippen LogP contribution in [0.3, 0.4) is 0 Å². The van der Waals surface area contributed by atoms with E-state index in [0.29, 0.717) is 13.1 Å². The van der Waals surface area contributed by atoms with Gasteiger partial charge in [-0.25, -0.2) is 0 Å². The van der Waals surface area contributed by atoms with Crippen LogP contribution in [0.2, 0.25) is 0 Å². The van der Waals surface area contributed by atoms with Gasteiger partial charge in [0.2, 0.25) is 0 Å². The first-order valence-corrected chi connectivity index (χ1v) is 9.29. The summed E-state index contributed by atoms with van der Waals surface area (Å²) in [6, 6.07) is 15.7. The highest BCUT2D eigenvalue weighted by atomic mass is 127. The van der Waals surface area contributed by atoms with Crippen LogP contribution in [0.15, 0.2) is 48.5 Å². The van der Waals surface area contributed by atoms with Crippen molar-refractivity contribution in [2.45, 2.75) is 0 Å². The second-order valence-electron chi connectivity index (χ2n) is 5.81. The summed E-state index contributed by atoms with van der Waals surface area (Å²) in [6.45, 7) is 3.10. The fourth-order valence-corrected chi connectivity index (χ4v) is 3.15. The number of methoxy groups -OCH3 is 1. The number of halogens is 1. The van der Waals surface area contributed by atoms with Crippen molar-refractivity contribution >= 4 is 34.2 Å². The number of anilines is 1. The fourth-order valence-electron chi connectivity index (χ4n) is 2.79. The minimum absolute atomic E-state index is 0.0313. The molecule has 0 bridgehead atoms. The number of rotatable bonds is 5. The zero-order chi connectivity index (χ0) is 17.6. The second kappa shape index (κ2) is 8.42. The van der Waals surface area contributed by atoms with Crippen molar-refractivity contribution in [3.63, 3.8) is 0 Å². The minimum Gasteiger partial charge on any atom is -0.497 e. The molecule has 0 aromatic heterocycles. The molecule has 2 aromatic carbocycles. The van der Waals surface area contributed by atoms with E-state index in [1.165, 1.54) is 0 Å². The summed E-state index contributed by atoms with van der Waals surface area (Å²) in [7, 11) is 1.67. The van der Waals surface area contributed by atoms with Crippen molar-refractivity contribution in [3.8, 4) is 11.5 Å². The van der Waals surface area contributed by atoms with Crippen LogP contribution in [-0.2, 0) is 4.79 Å². The maximum atomic E-state index is 12.3.